The van der Waals surface area contributed by atoms with Crippen molar-refractivity contribution < 1.29 is 8.42 Å². The van der Waals surface area contributed by atoms with Gasteiger partial charge in [0.05, 0.1) is 5.75 Å². The number of rotatable bonds is 5. The highest BCUT2D eigenvalue weighted by molar-refractivity contribution is 7.93. The summed E-state index contributed by atoms with van der Waals surface area (Å²) in [6, 6.07) is 2.52. The molecule has 1 aliphatic carbocycles. The summed E-state index contributed by atoms with van der Waals surface area (Å²) in [5, 5.41) is 5.19. The Kier molecular flexibility index (Phi) is 3.13. The van der Waals surface area contributed by atoms with Crippen LogP contribution >= 0.6 is 11.3 Å². The van der Waals surface area contributed by atoms with Crippen LogP contribution in [0.2, 0.25) is 0 Å². The molecule has 0 aliphatic heterocycles. The molecule has 84 valence electrons. The van der Waals surface area contributed by atoms with E-state index in [9.17, 15) is 8.42 Å². The molecule has 1 saturated carbocycles. The predicted molar refractivity (Wildman–Crippen MR) is 61.9 cm³/mol. The summed E-state index contributed by atoms with van der Waals surface area (Å²) in [5.74, 6) is 0.184. The van der Waals surface area contributed by atoms with Crippen molar-refractivity contribution in [3.8, 4) is 0 Å². The minimum atomic E-state index is -3.03. The molecule has 1 fully saturated rings. The number of nitrogens with one attached hydrogen (secondary N) is 1. The van der Waals surface area contributed by atoms with Crippen LogP contribution in [0.1, 0.15) is 25.3 Å². The largest absolute Gasteiger partial charge is 0.310 e. The minimum absolute atomic E-state index is 0.184. The van der Waals surface area contributed by atoms with Gasteiger partial charge >= 0.3 is 0 Å². The van der Waals surface area contributed by atoms with Crippen LogP contribution < -0.4 is 5.32 Å². The maximum atomic E-state index is 11.7. The van der Waals surface area contributed by atoms with Crippen molar-refractivity contribution in [2.75, 3.05) is 5.75 Å². The third kappa shape index (κ3) is 2.59. The summed E-state index contributed by atoms with van der Waals surface area (Å²) in [6.45, 7) is 2.37. The zero-order chi connectivity index (χ0) is 10.9. The van der Waals surface area contributed by atoms with Crippen LogP contribution in [0.25, 0.3) is 0 Å². The molecule has 0 bridgehead atoms. The van der Waals surface area contributed by atoms with Gasteiger partial charge in [-0.1, -0.05) is 6.92 Å². The van der Waals surface area contributed by atoms with Gasteiger partial charge in [-0.25, -0.2) is 8.42 Å². The maximum Gasteiger partial charge on any atom is 0.187 e. The predicted octanol–water partition coefficient (Wildman–Crippen LogP) is 1.79. The Bertz CT molecular complexity index is 432. The number of hydrogen-bond donors (Lipinski definition) is 1. The average Bonchev–Trinajstić information content (AvgIpc) is 2.92. The summed E-state index contributed by atoms with van der Waals surface area (Å²) in [7, 11) is -3.03. The van der Waals surface area contributed by atoms with Crippen molar-refractivity contribution in [3.05, 3.63) is 17.0 Å². The quantitative estimate of drug-likeness (QED) is 0.860. The van der Waals surface area contributed by atoms with Crippen LogP contribution in [0, 0.1) is 0 Å². The molecule has 1 aliphatic rings. The second kappa shape index (κ2) is 4.23. The van der Waals surface area contributed by atoms with Crippen LogP contribution in [0.5, 0.6) is 0 Å². The zero-order valence-electron chi connectivity index (χ0n) is 8.69. The third-order valence-corrected chi connectivity index (χ3v) is 5.91. The maximum absolute atomic E-state index is 11.7. The monoisotopic (exact) mass is 245 g/mol. The van der Waals surface area contributed by atoms with E-state index in [0.29, 0.717) is 16.8 Å². The SMILES string of the molecule is CCS(=O)(=O)c1sccc1CNC1CC1. The van der Waals surface area contributed by atoms with Gasteiger partial charge in [-0.15, -0.1) is 11.3 Å². The van der Waals surface area contributed by atoms with Crippen LogP contribution in [-0.2, 0) is 16.4 Å². The Hall–Kier alpha value is -0.390. The van der Waals surface area contributed by atoms with Gasteiger partial charge in [-0.2, -0.15) is 0 Å². The molecule has 0 spiro atoms. The first kappa shape index (κ1) is 11.1. The minimum Gasteiger partial charge on any atom is -0.310 e. The molecule has 1 aromatic rings. The van der Waals surface area contributed by atoms with Gasteiger partial charge in [0.25, 0.3) is 0 Å². The fraction of sp³-hybridized carbons (Fsp3) is 0.600. The molecule has 0 aromatic carbocycles. The average molecular weight is 245 g/mol. The van der Waals surface area contributed by atoms with Gasteiger partial charge in [0.15, 0.2) is 9.84 Å². The first-order valence-corrected chi connectivity index (χ1v) is 7.69. The topological polar surface area (TPSA) is 46.2 Å². The lowest BCUT2D eigenvalue weighted by molar-refractivity contribution is 0.596. The van der Waals surface area contributed by atoms with Gasteiger partial charge < -0.3 is 5.32 Å². The van der Waals surface area contributed by atoms with Crippen LogP contribution in [0.15, 0.2) is 15.7 Å². The van der Waals surface area contributed by atoms with E-state index in [1.807, 2.05) is 11.4 Å². The van der Waals surface area contributed by atoms with Crippen molar-refractivity contribution >= 4 is 21.2 Å². The number of hydrogen-bond acceptors (Lipinski definition) is 4. The first-order valence-electron chi connectivity index (χ1n) is 5.16. The Labute approximate surface area is 94.4 Å². The fourth-order valence-electron chi connectivity index (χ4n) is 1.40. The number of sulfone groups is 1. The van der Waals surface area contributed by atoms with Gasteiger partial charge in [-0.05, 0) is 29.9 Å². The summed E-state index contributed by atoms with van der Waals surface area (Å²) in [4.78, 5) is 0. The highest BCUT2D eigenvalue weighted by Gasteiger charge is 2.22. The second-order valence-corrected chi connectivity index (χ2v) is 7.18. The Morgan fingerprint density at radius 2 is 2.27 bits per heavy atom. The van der Waals surface area contributed by atoms with Crippen LogP contribution in [0.4, 0.5) is 0 Å². The van der Waals surface area contributed by atoms with E-state index < -0.39 is 9.84 Å². The van der Waals surface area contributed by atoms with E-state index >= 15 is 0 Å². The summed E-state index contributed by atoms with van der Waals surface area (Å²) >= 11 is 1.33. The van der Waals surface area contributed by atoms with Crippen molar-refractivity contribution in [2.45, 2.75) is 36.6 Å². The van der Waals surface area contributed by atoms with E-state index in [2.05, 4.69) is 5.32 Å². The van der Waals surface area contributed by atoms with E-state index in [-0.39, 0.29) is 5.75 Å². The smallest absolute Gasteiger partial charge is 0.187 e. The van der Waals surface area contributed by atoms with E-state index in [1.165, 1.54) is 24.2 Å². The molecule has 0 atom stereocenters. The Balaban J connectivity index is 2.13. The van der Waals surface area contributed by atoms with Crippen molar-refractivity contribution in [1.29, 1.82) is 0 Å². The highest BCUT2D eigenvalue weighted by atomic mass is 32.2. The molecule has 0 saturated heterocycles. The van der Waals surface area contributed by atoms with Gasteiger partial charge in [0.1, 0.15) is 4.21 Å². The van der Waals surface area contributed by atoms with Crippen molar-refractivity contribution in [2.24, 2.45) is 0 Å². The fourth-order valence-corrected chi connectivity index (χ4v) is 3.95. The van der Waals surface area contributed by atoms with Crippen molar-refractivity contribution in [1.82, 2.24) is 5.32 Å². The molecule has 2 rings (SSSR count). The summed E-state index contributed by atoms with van der Waals surface area (Å²) in [5.41, 5.74) is 0.925. The highest BCUT2D eigenvalue weighted by Crippen LogP contribution is 2.25. The molecular weight excluding hydrogens is 230 g/mol. The zero-order valence-corrected chi connectivity index (χ0v) is 10.3. The third-order valence-electron chi connectivity index (χ3n) is 2.53. The molecular formula is C10H15NO2S2. The first-order chi connectivity index (χ1) is 7.13. The summed E-state index contributed by atoms with van der Waals surface area (Å²) < 4.78 is 24.0. The molecule has 5 heteroatoms. The van der Waals surface area contributed by atoms with Gasteiger partial charge in [-0.3, -0.25) is 0 Å². The second-order valence-electron chi connectivity index (χ2n) is 3.79. The lowest BCUT2D eigenvalue weighted by Crippen LogP contribution is -2.16. The normalized spacial score (nSPS) is 16.9. The lowest BCUT2D eigenvalue weighted by Gasteiger charge is -2.04. The molecule has 1 aromatic heterocycles. The number of thiophene rings is 1. The summed E-state index contributed by atoms with van der Waals surface area (Å²) in [6.07, 6.45) is 2.44. The van der Waals surface area contributed by atoms with Gasteiger partial charge in [0.2, 0.25) is 0 Å². The molecule has 1 N–H and O–H groups in total. The van der Waals surface area contributed by atoms with Crippen LogP contribution in [0.3, 0.4) is 0 Å². The Morgan fingerprint density at radius 3 is 2.87 bits per heavy atom. The van der Waals surface area contributed by atoms with Crippen molar-refractivity contribution in [3.63, 3.8) is 0 Å². The molecule has 3 nitrogen and oxygen atoms in total. The molecule has 0 unspecified atom stereocenters. The lowest BCUT2D eigenvalue weighted by atomic mass is 10.3. The molecule has 15 heavy (non-hydrogen) atoms. The van der Waals surface area contributed by atoms with Crippen LogP contribution in [-0.4, -0.2) is 20.2 Å². The van der Waals surface area contributed by atoms with E-state index in [0.717, 1.165) is 5.56 Å². The van der Waals surface area contributed by atoms with E-state index in [4.69, 9.17) is 0 Å². The molecule has 1 heterocycles. The standard InChI is InChI=1S/C10H15NO2S2/c1-2-15(12,13)10-8(5-6-14-10)7-11-9-3-4-9/h5-6,9,11H,2-4,7H2,1H3. The Morgan fingerprint density at radius 1 is 1.53 bits per heavy atom. The van der Waals surface area contributed by atoms with Gasteiger partial charge in [0, 0.05) is 12.6 Å². The molecule has 0 amide bonds. The molecule has 0 radical (unpaired) electrons. The van der Waals surface area contributed by atoms with E-state index in [1.54, 1.807) is 6.92 Å².